The Morgan fingerprint density at radius 2 is 1.92 bits per heavy atom. The van der Waals surface area contributed by atoms with Gasteiger partial charge >= 0.3 is 0 Å². The summed E-state index contributed by atoms with van der Waals surface area (Å²) in [6.07, 6.45) is 1.66. The number of aromatic nitrogens is 2. The molecule has 0 radical (unpaired) electrons. The second kappa shape index (κ2) is 5.84. The Morgan fingerprint density at radius 1 is 1.20 bits per heavy atom. The summed E-state index contributed by atoms with van der Waals surface area (Å²) in [7, 11) is 0. The summed E-state index contributed by atoms with van der Waals surface area (Å²) >= 11 is 0. The molecule has 0 atom stereocenters. The topological polar surface area (TPSA) is 71.2 Å². The molecule has 0 bridgehead atoms. The Kier molecular flexibility index (Phi) is 3.64. The van der Waals surface area contributed by atoms with Crippen molar-refractivity contribution in [2.24, 2.45) is 0 Å². The molecule has 8 heteroatoms. The molecule has 0 spiro atoms. The maximum Gasteiger partial charge on any atom is 0.275 e. The van der Waals surface area contributed by atoms with Gasteiger partial charge in [0.2, 0.25) is 5.88 Å². The van der Waals surface area contributed by atoms with Crippen molar-refractivity contribution >= 4 is 5.91 Å². The summed E-state index contributed by atoms with van der Waals surface area (Å²) in [5, 5.41) is 13.2. The number of carbonyl (C=O) groups excluding carboxylic acids is 1. The summed E-state index contributed by atoms with van der Waals surface area (Å²) in [6.45, 7) is 2.28. The van der Waals surface area contributed by atoms with Crippen molar-refractivity contribution in [3.63, 3.8) is 0 Å². The number of halogens is 2. The molecule has 3 heterocycles. The number of fused-ring (bicyclic) bond motifs is 1. The molecule has 6 nitrogen and oxygen atoms in total. The van der Waals surface area contributed by atoms with E-state index in [0.717, 1.165) is 25.0 Å². The number of hydrogen-bond acceptors (Lipinski definition) is 4. The van der Waals surface area contributed by atoms with E-state index in [1.165, 1.54) is 6.07 Å². The van der Waals surface area contributed by atoms with Crippen molar-refractivity contribution in [1.82, 2.24) is 14.7 Å². The van der Waals surface area contributed by atoms with Crippen LogP contribution in [0.2, 0.25) is 0 Å². The molecule has 1 aromatic heterocycles. The van der Waals surface area contributed by atoms with E-state index in [4.69, 9.17) is 10.00 Å². The van der Waals surface area contributed by atoms with E-state index in [9.17, 15) is 13.6 Å². The fourth-order valence-corrected chi connectivity index (χ4v) is 3.03. The second-order valence-electron chi connectivity index (χ2n) is 6.03. The summed E-state index contributed by atoms with van der Waals surface area (Å²) in [5.41, 5.74) is -0.110. The van der Waals surface area contributed by atoms with Gasteiger partial charge in [0.1, 0.15) is 23.3 Å². The number of aryl methyl sites for hydroxylation is 1. The van der Waals surface area contributed by atoms with E-state index < -0.39 is 17.2 Å². The molecule has 1 aromatic carbocycles. The predicted octanol–water partition coefficient (Wildman–Crippen LogP) is 2.33. The first-order valence-electron chi connectivity index (χ1n) is 8.02. The van der Waals surface area contributed by atoms with Crippen molar-refractivity contribution in [3.8, 4) is 23.1 Å². The normalized spacial score (nSPS) is 15.8. The molecule has 128 valence electrons. The van der Waals surface area contributed by atoms with Gasteiger partial charge < -0.3 is 9.64 Å². The van der Waals surface area contributed by atoms with Crippen LogP contribution in [-0.2, 0) is 6.54 Å². The van der Waals surface area contributed by atoms with Gasteiger partial charge in [-0.2, -0.15) is 10.4 Å². The minimum absolute atomic E-state index is 0.125. The lowest BCUT2D eigenvalue weighted by molar-refractivity contribution is 0.0645. The Balaban J connectivity index is 1.89. The molecule has 1 fully saturated rings. The van der Waals surface area contributed by atoms with Crippen LogP contribution in [0.15, 0.2) is 12.1 Å². The van der Waals surface area contributed by atoms with Crippen molar-refractivity contribution in [1.29, 1.82) is 5.26 Å². The highest BCUT2D eigenvalue weighted by Crippen LogP contribution is 2.37. The molecule has 0 aliphatic carbocycles. The van der Waals surface area contributed by atoms with Crippen LogP contribution in [0.25, 0.3) is 11.1 Å². The maximum absolute atomic E-state index is 14.1. The van der Waals surface area contributed by atoms with Crippen LogP contribution in [0.3, 0.4) is 0 Å². The van der Waals surface area contributed by atoms with Crippen LogP contribution in [0.5, 0.6) is 5.88 Å². The number of carbonyl (C=O) groups is 1. The Bertz CT molecular complexity index is 889. The number of hydrogen-bond donors (Lipinski definition) is 0. The summed E-state index contributed by atoms with van der Waals surface area (Å²) < 4.78 is 35.3. The Morgan fingerprint density at radius 3 is 2.52 bits per heavy atom. The van der Waals surface area contributed by atoms with Crippen molar-refractivity contribution in [3.05, 3.63) is 35.0 Å². The largest absolute Gasteiger partial charge is 0.477 e. The lowest BCUT2D eigenvalue weighted by Crippen LogP contribution is -2.42. The number of nitriles is 1. The smallest absolute Gasteiger partial charge is 0.275 e. The third kappa shape index (κ3) is 2.43. The van der Waals surface area contributed by atoms with Gasteiger partial charge in [0, 0.05) is 26.1 Å². The van der Waals surface area contributed by atoms with Crippen LogP contribution in [0.4, 0.5) is 8.78 Å². The highest BCUT2D eigenvalue weighted by Gasteiger charge is 2.32. The van der Waals surface area contributed by atoms with Crippen LogP contribution in [0.1, 0.15) is 28.9 Å². The molecule has 0 N–H and O–H groups in total. The number of rotatable bonds is 2. The molecule has 0 saturated carbocycles. The second-order valence-corrected chi connectivity index (χ2v) is 6.03. The molecule has 2 aliphatic rings. The zero-order valence-corrected chi connectivity index (χ0v) is 13.3. The van der Waals surface area contributed by atoms with Gasteiger partial charge in [-0.15, -0.1) is 0 Å². The molecule has 1 amide bonds. The molecule has 2 aliphatic heterocycles. The fourth-order valence-electron chi connectivity index (χ4n) is 3.03. The number of amides is 1. The van der Waals surface area contributed by atoms with E-state index in [1.807, 2.05) is 0 Å². The minimum Gasteiger partial charge on any atom is -0.477 e. The number of ether oxygens (including phenoxy) is 1. The standard InChI is InChI=1S/C17H14F2N4O2/c18-12-7-10(8-13(19)11(12)9-20)14-15(16(24)22-3-1-4-22)21-23-5-2-6-25-17(14)23/h7-8H,1-6H2. The van der Waals surface area contributed by atoms with Crippen molar-refractivity contribution in [2.45, 2.75) is 19.4 Å². The highest BCUT2D eigenvalue weighted by molar-refractivity contribution is 6.00. The third-order valence-corrected chi connectivity index (χ3v) is 4.45. The lowest BCUT2D eigenvalue weighted by Gasteiger charge is -2.30. The summed E-state index contributed by atoms with van der Waals surface area (Å²) in [4.78, 5) is 14.3. The van der Waals surface area contributed by atoms with E-state index >= 15 is 0 Å². The summed E-state index contributed by atoms with van der Waals surface area (Å²) in [6, 6.07) is 3.59. The van der Waals surface area contributed by atoms with E-state index in [1.54, 1.807) is 9.58 Å². The number of benzene rings is 1. The number of nitrogens with zero attached hydrogens (tertiary/aromatic N) is 4. The Labute approximate surface area is 142 Å². The molecule has 0 unspecified atom stereocenters. The van der Waals surface area contributed by atoms with Crippen molar-refractivity contribution in [2.75, 3.05) is 19.7 Å². The van der Waals surface area contributed by atoms with E-state index in [0.29, 0.717) is 32.1 Å². The van der Waals surface area contributed by atoms with Crippen molar-refractivity contribution < 1.29 is 18.3 Å². The van der Waals surface area contributed by atoms with Crippen LogP contribution >= 0.6 is 0 Å². The molecular formula is C17H14F2N4O2. The zero-order chi connectivity index (χ0) is 17.6. The first-order chi connectivity index (χ1) is 12.1. The predicted molar refractivity (Wildman–Crippen MR) is 82.9 cm³/mol. The highest BCUT2D eigenvalue weighted by atomic mass is 19.1. The zero-order valence-electron chi connectivity index (χ0n) is 13.3. The molecular weight excluding hydrogens is 330 g/mol. The lowest BCUT2D eigenvalue weighted by atomic mass is 10.0. The molecule has 2 aromatic rings. The Hall–Kier alpha value is -2.95. The van der Waals surface area contributed by atoms with Crippen LogP contribution in [0, 0.1) is 23.0 Å². The SMILES string of the molecule is N#Cc1c(F)cc(-c2c(C(=O)N3CCC3)nn3c2OCCC3)cc1F. The maximum atomic E-state index is 14.1. The van der Waals surface area contributed by atoms with Crippen LogP contribution < -0.4 is 4.74 Å². The quantitative estimate of drug-likeness (QED) is 0.838. The van der Waals surface area contributed by atoms with Gasteiger partial charge in [0.25, 0.3) is 5.91 Å². The first-order valence-corrected chi connectivity index (χ1v) is 8.02. The molecule has 1 saturated heterocycles. The van der Waals surface area contributed by atoms with Gasteiger partial charge in [-0.05, 0) is 24.1 Å². The van der Waals surface area contributed by atoms with Gasteiger partial charge in [0.15, 0.2) is 5.69 Å². The van der Waals surface area contributed by atoms with Crippen LogP contribution in [-0.4, -0.2) is 40.3 Å². The van der Waals surface area contributed by atoms with Gasteiger partial charge in [-0.1, -0.05) is 0 Å². The summed E-state index contributed by atoms with van der Waals surface area (Å²) in [5.74, 6) is -1.90. The van der Waals surface area contributed by atoms with Gasteiger partial charge in [0.05, 0.1) is 12.2 Å². The number of likely N-dealkylation sites (tertiary alicyclic amines) is 1. The monoisotopic (exact) mass is 344 g/mol. The fraction of sp³-hybridized carbons (Fsp3) is 0.353. The third-order valence-electron chi connectivity index (χ3n) is 4.45. The average Bonchev–Trinajstić information content (AvgIpc) is 2.92. The van der Waals surface area contributed by atoms with E-state index in [2.05, 4.69) is 5.10 Å². The molecule has 4 rings (SSSR count). The van der Waals surface area contributed by atoms with Gasteiger partial charge in [-0.3, -0.25) is 4.79 Å². The van der Waals surface area contributed by atoms with Gasteiger partial charge in [-0.25, -0.2) is 13.5 Å². The average molecular weight is 344 g/mol. The minimum atomic E-state index is -0.976. The first kappa shape index (κ1) is 15.6. The molecule has 25 heavy (non-hydrogen) atoms. The van der Waals surface area contributed by atoms with E-state index in [-0.39, 0.29) is 22.7 Å².